The molecule has 1 aliphatic carbocycles. The monoisotopic (exact) mass is 191 g/mol. The zero-order chi connectivity index (χ0) is 10.1. The first-order chi connectivity index (χ1) is 6.72. The fourth-order valence-electron chi connectivity index (χ4n) is 1.86. The maximum absolute atomic E-state index is 11.2. The maximum Gasteiger partial charge on any atom is 0.159 e. The Morgan fingerprint density at radius 1 is 1.64 bits per heavy atom. The number of hydrogen-bond acceptors (Lipinski definition) is 3. The Hall–Kier alpha value is -1.35. The van der Waals surface area contributed by atoms with Gasteiger partial charge in [0, 0.05) is 11.5 Å². The smallest absolute Gasteiger partial charge is 0.159 e. The van der Waals surface area contributed by atoms with E-state index in [4.69, 9.17) is 5.11 Å². The van der Waals surface area contributed by atoms with Crippen LogP contribution < -0.4 is 5.32 Å². The molecule has 0 saturated carbocycles. The highest BCUT2D eigenvalue weighted by Gasteiger charge is 2.28. The summed E-state index contributed by atoms with van der Waals surface area (Å²) in [4.78, 5) is 11.2. The molecule has 1 aliphatic heterocycles. The van der Waals surface area contributed by atoms with Gasteiger partial charge in [-0.25, -0.2) is 0 Å². The van der Waals surface area contributed by atoms with Gasteiger partial charge in [-0.15, -0.1) is 0 Å². The molecule has 74 valence electrons. The third-order valence-electron chi connectivity index (χ3n) is 2.71. The summed E-state index contributed by atoms with van der Waals surface area (Å²) in [5.74, 6) is 0.216. The van der Waals surface area contributed by atoms with Crippen LogP contribution in [-0.2, 0) is 4.79 Å². The number of carbonyl (C=O) groups is 1. The number of ketones is 1. The molecule has 0 radical (unpaired) electrons. The summed E-state index contributed by atoms with van der Waals surface area (Å²) in [5.41, 5.74) is 1.67. The van der Waals surface area contributed by atoms with Gasteiger partial charge in [-0.2, -0.15) is 0 Å². The average Bonchev–Trinajstić information content (AvgIpc) is 2.59. The molecular weight excluding hydrogens is 178 g/mol. The molecule has 2 unspecified atom stereocenters. The predicted octanol–water partition coefficient (Wildman–Crippen LogP) is 0.536. The Kier molecular flexibility index (Phi) is 2.25. The van der Waals surface area contributed by atoms with Crippen LogP contribution in [0, 0.1) is 5.92 Å². The Bertz CT molecular complexity index is 352. The van der Waals surface area contributed by atoms with E-state index in [0.717, 1.165) is 11.1 Å². The number of rotatable bonds is 2. The molecule has 0 aromatic rings. The van der Waals surface area contributed by atoms with Crippen LogP contribution in [0.2, 0.25) is 0 Å². The van der Waals surface area contributed by atoms with Crippen LogP contribution in [0.3, 0.4) is 0 Å². The lowest BCUT2D eigenvalue weighted by Crippen LogP contribution is -2.27. The van der Waals surface area contributed by atoms with Crippen molar-refractivity contribution >= 4 is 5.78 Å². The van der Waals surface area contributed by atoms with Crippen molar-refractivity contribution in [3.63, 3.8) is 0 Å². The van der Waals surface area contributed by atoms with Gasteiger partial charge in [0.1, 0.15) is 0 Å². The van der Waals surface area contributed by atoms with Crippen LogP contribution in [0.25, 0.3) is 0 Å². The molecule has 1 heterocycles. The summed E-state index contributed by atoms with van der Waals surface area (Å²) in [6.07, 6.45) is 7.57. The molecule has 0 bridgehead atoms. The summed E-state index contributed by atoms with van der Waals surface area (Å²) >= 11 is 0. The van der Waals surface area contributed by atoms with Crippen molar-refractivity contribution < 1.29 is 9.90 Å². The fraction of sp³-hybridized carbons (Fsp3) is 0.364. The van der Waals surface area contributed by atoms with Crippen molar-refractivity contribution in [2.75, 3.05) is 6.61 Å². The summed E-state index contributed by atoms with van der Waals surface area (Å²) in [6, 6.07) is 0.209. The molecule has 0 spiro atoms. The van der Waals surface area contributed by atoms with Crippen molar-refractivity contribution in [2.24, 2.45) is 5.92 Å². The number of fused-ring (bicyclic) bond motifs is 1. The van der Waals surface area contributed by atoms with Gasteiger partial charge in [0.25, 0.3) is 0 Å². The molecule has 0 aromatic carbocycles. The molecule has 0 aromatic heterocycles. The lowest BCUT2D eigenvalue weighted by atomic mass is 9.88. The normalized spacial score (nSPS) is 29.0. The number of nitrogens with one attached hydrogen (secondary N) is 1. The molecule has 2 N–H and O–H groups in total. The van der Waals surface area contributed by atoms with Crippen molar-refractivity contribution in [1.29, 1.82) is 0 Å². The van der Waals surface area contributed by atoms with Crippen molar-refractivity contribution in [3.8, 4) is 0 Å². The summed E-state index contributed by atoms with van der Waals surface area (Å²) in [7, 11) is 0. The molecule has 3 heteroatoms. The van der Waals surface area contributed by atoms with Gasteiger partial charge in [0.15, 0.2) is 5.78 Å². The highest BCUT2D eigenvalue weighted by atomic mass is 16.3. The maximum atomic E-state index is 11.2. The third kappa shape index (κ3) is 1.40. The zero-order valence-electron chi connectivity index (χ0n) is 8.03. The fourth-order valence-corrected chi connectivity index (χ4v) is 1.86. The van der Waals surface area contributed by atoms with E-state index in [2.05, 4.69) is 5.32 Å². The largest absolute Gasteiger partial charge is 0.392 e. The molecular formula is C11H13NO2. The minimum absolute atomic E-state index is 0.0453. The van der Waals surface area contributed by atoms with Gasteiger partial charge in [0.05, 0.1) is 12.6 Å². The van der Waals surface area contributed by atoms with Gasteiger partial charge in [-0.3, -0.25) is 4.79 Å². The van der Waals surface area contributed by atoms with E-state index in [0.29, 0.717) is 0 Å². The lowest BCUT2D eigenvalue weighted by molar-refractivity contribution is -0.113. The Morgan fingerprint density at radius 2 is 2.43 bits per heavy atom. The average molecular weight is 191 g/mol. The number of Topliss-reactive ketones (excluding diaryl/α,β-unsaturated/α-hetero) is 1. The summed E-state index contributed by atoms with van der Waals surface area (Å²) < 4.78 is 0. The first-order valence-electron chi connectivity index (χ1n) is 4.69. The van der Waals surface area contributed by atoms with Crippen LogP contribution in [-0.4, -0.2) is 23.5 Å². The molecule has 2 aliphatic rings. The van der Waals surface area contributed by atoms with E-state index >= 15 is 0 Å². The SMILES string of the molecule is CC(=O)C1=CC2C(CO)=CNC2C=C1. The van der Waals surface area contributed by atoms with Gasteiger partial charge in [0.2, 0.25) is 0 Å². The lowest BCUT2D eigenvalue weighted by Gasteiger charge is -2.20. The number of allylic oxidation sites excluding steroid dienone is 2. The van der Waals surface area contributed by atoms with Crippen LogP contribution in [0.1, 0.15) is 6.92 Å². The second-order valence-electron chi connectivity index (χ2n) is 3.63. The van der Waals surface area contributed by atoms with Crippen molar-refractivity contribution in [1.82, 2.24) is 5.32 Å². The molecule has 0 fully saturated rings. The molecule has 0 amide bonds. The number of carbonyl (C=O) groups excluding carboxylic acids is 1. The van der Waals surface area contributed by atoms with Crippen LogP contribution in [0.4, 0.5) is 0 Å². The standard InChI is InChI=1S/C11H13NO2/c1-7(14)8-2-3-11-10(4-8)9(6-13)5-12-11/h2-5,10-13H,6H2,1H3. The van der Waals surface area contributed by atoms with Gasteiger partial charge >= 0.3 is 0 Å². The van der Waals surface area contributed by atoms with Gasteiger partial charge < -0.3 is 10.4 Å². The van der Waals surface area contributed by atoms with Crippen molar-refractivity contribution in [2.45, 2.75) is 13.0 Å². The number of aliphatic hydroxyl groups excluding tert-OH is 1. The highest BCUT2D eigenvalue weighted by molar-refractivity contribution is 5.96. The van der Waals surface area contributed by atoms with E-state index in [9.17, 15) is 4.79 Å². The molecule has 2 rings (SSSR count). The minimum atomic E-state index is 0.0453. The summed E-state index contributed by atoms with van der Waals surface area (Å²) in [5, 5.41) is 12.2. The van der Waals surface area contributed by atoms with Crippen LogP contribution in [0.5, 0.6) is 0 Å². The van der Waals surface area contributed by atoms with E-state index in [-0.39, 0.29) is 24.3 Å². The Balaban J connectivity index is 2.26. The van der Waals surface area contributed by atoms with Crippen LogP contribution in [0.15, 0.2) is 35.6 Å². The Labute approximate surface area is 82.8 Å². The first-order valence-corrected chi connectivity index (χ1v) is 4.69. The first kappa shape index (κ1) is 9.21. The van der Waals surface area contributed by atoms with Gasteiger partial charge in [-0.1, -0.05) is 18.2 Å². The van der Waals surface area contributed by atoms with E-state index in [1.807, 2.05) is 24.4 Å². The molecule has 2 atom stereocenters. The van der Waals surface area contributed by atoms with E-state index in [1.165, 1.54) is 0 Å². The third-order valence-corrected chi connectivity index (χ3v) is 2.71. The molecule has 14 heavy (non-hydrogen) atoms. The highest BCUT2D eigenvalue weighted by Crippen LogP contribution is 2.28. The van der Waals surface area contributed by atoms with E-state index in [1.54, 1.807) is 6.92 Å². The second-order valence-corrected chi connectivity index (χ2v) is 3.63. The molecule has 3 nitrogen and oxygen atoms in total. The summed E-state index contributed by atoms with van der Waals surface area (Å²) in [6.45, 7) is 1.60. The molecule has 0 saturated heterocycles. The quantitative estimate of drug-likeness (QED) is 0.669. The van der Waals surface area contributed by atoms with Gasteiger partial charge in [-0.05, 0) is 18.7 Å². The predicted molar refractivity (Wildman–Crippen MR) is 53.5 cm³/mol. The zero-order valence-corrected chi connectivity index (χ0v) is 8.03. The minimum Gasteiger partial charge on any atom is -0.392 e. The van der Waals surface area contributed by atoms with E-state index < -0.39 is 0 Å². The van der Waals surface area contributed by atoms with Crippen molar-refractivity contribution in [3.05, 3.63) is 35.6 Å². The topological polar surface area (TPSA) is 49.3 Å². The van der Waals surface area contributed by atoms with Crippen LogP contribution >= 0.6 is 0 Å². The Morgan fingerprint density at radius 3 is 3.07 bits per heavy atom. The second kappa shape index (κ2) is 3.42. The number of hydrogen-bond donors (Lipinski definition) is 2. The number of aliphatic hydroxyl groups is 1.